The van der Waals surface area contributed by atoms with Crippen LogP contribution >= 0.6 is 0 Å². The Hall–Kier alpha value is -2.24. The molecule has 112 valence electrons. The van der Waals surface area contributed by atoms with Gasteiger partial charge in [0.15, 0.2) is 23.2 Å². The van der Waals surface area contributed by atoms with E-state index >= 15 is 0 Å². The topological polar surface area (TPSA) is 57.0 Å². The Morgan fingerprint density at radius 1 is 1.43 bits per heavy atom. The Bertz CT molecular complexity index is 638. The maximum Gasteiger partial charge on any atom is 0.165 e. The number of nitrogens with zero attached hydrogens (tertiary/aromatic N) is 3. The molecule has 1 aromatic carbocycles. The SMILES string of the molecule is CC(=O)c1ccc(OCc2ncnn2CC(C)C)c(F)c1. The fraction of sp³-hybridized carbons (Fsp3) is 0.400. The van der Waals surface area contributed by atoms with Gasteiger partial charge in [0.1, 0.15) is 12.9 Å². The van der Waals surface area contributed by atoms with Crippen molar-refractivity contribution >= 4 is 5.78 Å². The lowest BCUT2D eigenvalue weighted by Crippen LogP contribution is -2.12. The van der Waals surface area contributed by atoms with Gasteiger partial charge in [0.2, 0.25) is 0 Å². The summed E-state index contributed by atoms with van der Waals surface area (Å²) in [4.78, 5) is 15.3. The van der Waals surface area contributed by atoms with Crippen molar-refractivity contribution in [2.45, 2.75) is 33.9 Å². The molecule has 1 aromatic heterocycles. The zero-order valence-corrected chi connectivity index (χ0v) is 12.3. The molecule has 0 saturated carbocycles. The normalized spacial score (nSPS) is 10.9. The molecule has 2 aromatic rings. The van der Waals surface area contributed by atoms with E-state index in [0.717, 1.165) is 6.54 Å². The third-order valence-electron chi connectivity index (χ3n) is 2.93. The Labute approximate surface area is 122 Å². The van der Waals surface area contributed by atoms with Crippen LogP contribution in [0.25, 0.3) is 0 Å². The van der Waals surface area contributed by atoms with Gasteiger partial charge < -0.3 is 4.74 Å². The first-order valence-corrected chi connectivity index (χ1v) is 6.77. The molecule has 0 saturated heterocycles. The van der Waals surface area contributed by atoms with Gasteiger partial charge in [-0.05, 0) is 31.0 Å². The molecule has 0 N–H and O–H groups in total. The molecule has 0 aliphatic rings. The standard InChI is InChI=1S/C15H18FN3O2/c1-10(2)7-19-15(17-9-18-19)8-21-14-5-4-12(11(3)20)6-13(14)16/h4-6,9-10H,7-8H2,1-3H3. The zero-order valence-electron chi connectivity index (χ0n) is 12.3. The lowest BCUT2D eigenvalue weighted by molar-refractivity contribution is 0.101. The molecule has 1 heterocycles. The number of carbonyl (C=O) groups is 1. The maximum absolute atomic E-state index is 13.8. The van der Waals surface area contributed by atoms with E-state index in [1.54, 1.807) is 10.7 Å². The first-order valence-electron chi connectivity index (χ1n) is 6.77. The van der Waals surface area contributed by atoms with E-state index in [4.69, 9.17) is 4.74 Å². The van der Waals surface area contributed by atoms with Gasteiger partial charge in [0, 0.05) is 12.1 Å². The van der Waals surface area contributed by atoms with Gasteiger partial charge in [-0.2, -0.15) is 5.10 Å². The van der Waals surface area contributed by atoms with Crippen LogP contribution in [0.15, 0.2) is 24.5 Å². The number of ether oxygens (including phenoxy) is 1. The number of aromatic nitrogens is 3. The molecular weight excluding hydrogens is 273 g/mol. The summed E-state index contributed by atoms with van der Waals surface area (Å²) in [7, 11) is 0. The largest absolute Gasteiger partial charge is 0.483 e. The second kappa shape index (κ2) is 6.47. The van der Waals surface area contributed by atoms with Gasteiger partial charge in [0.25, 0.3) is 0 Å². The highest BCUT2D eigenvalue weighted by molar-refractivity contribution is 5.94. The number of Topliss-reactive ketones (excluding diaryl/α,β-unsaturated/α-hetero) is 1. The highest BCUT2D eigenvalue weighted by atomic mass is 19.1. The molecule has 21 heavy (non-hydrogen) atoms. The minimum Gasteiger partial charge on any atom is -0.483 e. The summed E-state index contributed by atoms with van der Waals surface area (Å²) in [5.74, 6) is 0.421. The summed E-state index contributed by atoms with van der Waals surface area (Å²) in [5.41, 5.74) is 0.322. The molecule has 0 bridgehead atoms. The molecule has 0 spiro atoms. The number of hydrogen-bond donors (Lipinski definition) is 0. The Kier molecular flexibility index (Phi) is 4.67. The van der Waals surface area contributed by atoms with E-state index in [0.29, 0.717) is 17.3 Å². The monoisotopic (exact) mass is 291 g/mol. The second-order valence-corrected chi connectivity index (χ2v) is 5.24. The van der Waals surface area contributed by atoms with Crippen LogP contribution < -0.4 is 4.74 Å². The van der Waals surface area contributed by atoms with E-state index in [1.807, 2.05) is 0 Å². The van der Waals surface area contributed by atoms with Crippen LogP contribution in [-0.4, -0.2) is 20.5 Å². The molecular formula is C15H18FN3O2. The third kappa shape index (κ3) is 3.87. The quantitative estimate of drug-likeness (QED) is 0.768. The molecule has 0 aliphatic carbocycles. The molecule has 2 rings (SSSR count). The van der Waals surface area contributed by atoms with Gasteiger partial charge in [0.05, 0.1) is 0 Å². The third-order valence-corrected chi connectivity index (χ3v) is 2.93. The fourth-order valence-corrected chi connectivity index (χ4v) is 1.88. The molecule has 0 amide bonds. The Balaban J connectivity index is 2.07. The number of hydrogen-bond acceptors (Lipinski definition) is 4. The van der Waals surface area contributed by atoms with Crippen molar-refractivity contribution in [1.82, 2.24) is 14.8 Å². The summed E-state index contributed by atoms with van der Waals surface area (Å²) >= 11 is 0. The van der Waals surface area contributed by atoms with Crippen molar-refractivity contribution in [3.63, 3.8) is 0 Å². The van der Waals surface area contributed by atoms with Crippen LogP contribution in [0.5, 0.6) is 5.75 Å². The van der Waals surface area contributed by atoms with Gasteiger partial charge in [-0.25, -0.2) is 14.1 Å². The minimum absolute atomic E-state index is 0.0964. The predicted octanol–water partition coefficient (Wildman–Crippen LogP) is 2.85. The number of carbonyl (C=O) groups excluding carboxylic acids is 1. The molecule has 0 fully saturated rings. The average Bonchev–Trinajstić information content (AvgIpc) is 2.83. The molecule has 0 aliphatic heterocycles. The summed E-state index contributed by atoms with van der Waals surface area (Å²) in [6.45, 7) is 6.40. The van der Waals surface area contributed by atoms with Crippen LogP contribution in [-0.2, 0) is 13.2 Å². The predicted molar refractivity (Wildman–Crippen MR) is 75.6 cm³/mol. The molecule has 5 nitrogen and oxygen atoms in total. The smallest absolute Gasteiger partial charge is 0.165 e. The Morgan fingerprint density at radius 3 is 2.81 bits per heavy atom. The van der Waals surface area contributed by atoms with E-state index in [2.05, 4.69) is 23.9 Å². The maximum atomic E-state index is 13.8. The van der Waals surface area contributed by atoms with Crippen LogP contribution in [0.1, 0.15) is 37.0 Å². The van der Waals surface area contributed by atoms with E-state index < -0.39 is 5.82 Å². The molecule has 0 radical (unpaired) electrons. The first kappa shape index (κ1) is 15.2. The van der Waals surface area contributed by atoms with Crippen molar-refractivity contribution < 1.29 is 13.9 Å². The van der Waals surface area contributed by atoms with E-state index in [1.165, 1.54) is 25.4 Å². The summed E-state index contributed by atoms with van der Waals surface area (Å²) < 4.78 is 21.0. The van der Waals surface area contributed by atoms with Gasteiger partial charge >= 0.3 is 0 Å². The molecule has 0 unspecified atom stereocenters. The Morgan fingerprint density at radius 2 is 2.19 bits per heavy atom. The van der Waals surface area contributed by atoms with E-state index in [9.17, 15) is 9.18 Å². The van der Waals surface area contributed by atoms with Gasteiger partial charge in [-0.1, -0.05) is 13.8 Å². The van der Waals surface area contributed by atoms with Crippen LogP contribution in [0.4, 0.5) is 4.39 Å². The minimum atomic E-state index is -0.558. The zero-order chi connectivity index (χ0) is 15.4. The number of benzene rings is 1. The van der Waals surface area contributed by atoms with Crippen molar-refractivity contribution in [3.8, 4) is 5.75 Å². The fourth-order valence-electron chi connectivity index (χ4n) is 1.88. The van der Waals surface area contributed by atoms with Crippen molar-refractivity contribution in [2.75, 3.05) is 0 Å². The van der Waals surface area contributed by atoms with Crippen molar-refractivity contribution in [3.05, 3.63) is 41.7 Å². The average molecular weight is 291 g/mol. The lowest BCUT2D eigenvalue weighted by Gasteiger charge is -2.10. The molecule has 0 atom stereocenters. The van der Waals surface area contributed by atoms with Crippen molar-refractivity contribution in [1.29, 1.82) is 0 Å². The van der Waals surface area contributed by atoms with Crippen LogP contribution in [0.3, 0.4) is 0 Å². The van der Waals surface area contributed by atoms with Gasteiger partial charge in [-0.15, -0.1) is 0 Å². The first-order chi connectivity index (χ1) is 9.97. The lowest BCUT2D eigenvalue weighted by atomic mass is 10.1. The second-order valence-electron chi connectivity index (χ2n) is 5.24. The summed E-state index contributed by atoms with van der Waals surface area (Å²) in [6.07, 6.45) is 1.45. The molecule has 6 heteroatoms. The highest BCUT2D eigenvalue weighted by Crippen LogP contribution is 2.19. The number of rotatable bonds is 6. The summed E-state index contributed by atoms with van der Waals surface area (Å²) in [5, 5.41) is 4.12. The number of halogens is 1. The van der Waals surface area contributed by atoms with E-state index in [-0.39, 0.29) is 18.1 Å². The van der Waals surface area contributed by atoms with Crippen LogP contribution in [0, 0.1) is 11.7 Å². The highest BCUT2D eigenvalue weighted by Gasteiger charge is 2.10. The number of ketones is 1. The van der Waals surface area contributed by atoms with Gasteiger partial charge in [-0.3, -0.25) is 4.79 Å². The summed E-state index contributed by atoms with van der Waals surface area (Å²) in [6, 6.07) is 4.17. The van der Waals surface area contributed by atoms with Crippen LogP contribution in [0.2, 0.25) is 0 Å². The van der Waals surface area contributed by atoms with Crippen molar-refractivity contribution in [2.24, 2.45) is 5.92 Å².